The second-order valence-electron chi connectivity index (χ2n) is 7.18. The summed E-state index contributed by atoms with van der Waals surface area (Å²) >= 11 is 0. The molecule has 35 heavy (non-hydrogen) atoms. The Labute approximate surface area is 194 Å². The molecule has 0 fully saturated rings. The molecule has 4 heterocycles. The first-order chi connectivity index (χ1) is 16.9. The van der Waals surface area contributed by atoms with Gasteiger partial charge in [0, 0.05) is 17.0 Å². The molecule has 0 aliphatic carbocycles. The maximum absolute atomic E-state index is 14.1. The standard InChI is InChI=1S/C22H12F3N9O/c23-22(24,25)19-17(11-31-33(19)18-12-27-9-13-3-1-2-4-16(13)18)21(35)32-15-7-14(8-26)20(28-10-15)34-29-5-6-30-34/h1-7,9-12H,(H,32,35). The Kier molecular flexibility index (Phi) is 5.17. The van der Waals surface area contributed by atoms with Crippen LogP contribution in [0, 0.1) is 11.3 Å². The molecule has 5 rings (SSSR count). The van der Waals surface area contributed by atoms with Crippen molar-refractivity contribution in [2.75, 3.05) is 5.32 Å². The Hall–Kier alpha value is -5.12. The number of nitriles is 1. The number of hydrogen-bond donors (Lipinski definition) is 1. The Morgan fingerprint density at radius 3 is 2.54 bits per heavy atom. The van der Waals surface area contributed by atoms with E-state index in [1.807, 2.05) is 6.07 Å². The first-order valence-electron chi connectivity index (χ1n) is 9.93. The van der Waals surface area contributed by atoms with Crippen molar-refractivity contribution >= 4 is 22.4 Å². The second kappa shape index (κ2) is 8.34. The summed E-state index contributed by atoms with van der Waals surface area (Å²) in [7, 11) is 0. The summed E-state index contributed by atoms with van der Waals surface area (Å²) in [6, 6.07) is 9.91. The van der Waals surface area contributed by atoms with Gasteiger partial charge in [-0.2, -0.15) is 33.7 Å². The highest BCUT2D eigenvalue weighted by Crippen LogP contribution is 2.35. The van der Waals surface area contributed by atoms with Crippen molar-refractivity contribution in [2.45, 2.75) is 6.18 Å². The molecular formula is C22H12F3N9O. The van der Waals surface area contributed by atoms with Crippen molar-refractivity contribution in [1.82, 2.24) is 34.7 Å². The van der Waals surface area contributed by atoms with Crippen molar-refractivity contribution < 1.29 is 18.0 Å². The van der Waals surface area contributed by atoms with E-state index in [0.29, 0.717) is 15.5 Å². The number of aromatic nitrogens is 7. The minimum absolute atomic E-state index is 0.00701. The zero-order chi connectivity index (χ0) is 24.6. The van der Waals surface area contributed by atoms with Gasteiger partial charge < -0.3 is 5.32 Å². The highest BCUT2D eigenvalue weighted by molar-refractivity contribution is 6.05. The van der Waals surface area contributed by atoms with E-state index in [-0.39, 0.29) is 22.8 Å². The van der Waals surface area contributed by atoms with Crippen molar-refractivity contribution in [1.29, 1.82) is 5.26 Å². The topological polar surface area (TPSA) is 127 Å². The highest BCUT2D eigenvalue weighted by Gasteiger charge is 2.41. The quantitative estimate of drug-likeness (QED) is 0.421. The molecule has 0 saturated heterocycles. The molecule has 13 heteroatoms. The number of carbonyl (C=O) groups excluding carboxylic acids is 1. The van der Waals surface area contributed by atoms with Gasteiger partial charge in [-0.05, 0) is 6.07 Å². The lowest BCUT2D eigenvalue weighted by atomic mass is 10.1. The van der Waals surface area contributed by atoms with Crippen LogP contribution in [-0.4, -0.2) is 40.6 Å². The van der Waals surface area contributed by atoms with Gasteiger partial charge in [-0.25, -0.2) is 9.67 Å². The molecule has 0 radical (unpaired) electrons. The van der Waals surface area contributed by atoms with Crippen molar-refractivity contribution in [3.8, 4) is 17.6 Å². The normalized spacial score (nSPS) is 11.4. The minimum Gasteiger partial charge on any atom is -0.320 e. The first kappa shape index (κ1) is 21.7. The average molecular weight is 475 g/mol. The molecule has 4 aromatic heterocycles. The number of alkyl halides is 3. The van der Waals surface area contributed by atoms with Gasteiger partial charge in [0.2, 0.25) is 0 Å². The predicted molar refractivity (Wildman–Crippen MR) is 116 cm³/mol. The van der Waals surface area contributed by atoms with Gasteiger partial charge in [-0.3, -0.25) is 9.78 Å². The minimum atomic E-state index is -4.91. The molecule has 0 saturated carbocycles. The van der Waals surface area contributed by atoms with Gasteiger partial charge in [0.15, 0.2) is 11.5 Å². The van der Waals surface area contributed by atoms with Crippen LogP contribution in [0.4, 0.5) is 18.9 Å². The smallest absolute Gasteiger partial charge is 0.320 e. The summed E-state index contributed by atoms with van der Waals surface area (Å²) < 4.78 is 43.0. The molecule has 1 aromatic carbocycles. The lowest BCUT2D eigenvalue weighted by molar-refractivity contribution is -0.143. The summed E-state index contributed by atoms with van der Waals surface area (Å²) in [5.74, 6) is -0.977. The number of nitrogens with one attached hydrogen (secondary N) is 1. The number of nitrogens with zero attached hydrogens (tertiary/aromatic N) is 8. The average Bonchev–Trinajstić information content (AvgIpc) is 3.54. The van der Waals surface area contributed by atoms with Gasteiger partial charge >= 0.3 is 6.18 Å². The maximum Gasteiger partial charge on any atom is 0.434 e. The van der Waals surface area contributed by atoms with E-state index in [1.54, 1.807) is 24.3 Å². The fourth-order valence-corrected chi connectivity index (χ4v) is 3.53. The Morgan fingerprint density at radius 2 is 1.80 bits per heavy atom. The number of carbonyl (C=O) groups is 1. The molecule has 0 unspecified atom stereocenters. The second-order valence-corrected chi connectivity index (χ2v) is 7.18. The fraction of sp³-hybridized carbons (Fsp3) is 0.0455. The summed E-state index contributed by atoms with van der Waals surface area (Å²) in [6.45, 7) is 0. The molecule has 0 spiro atoms. The summed E-state index contributed by atoms with van der Waals surface area (Å²) in [6.07, 6.45) is 2.65. The SMILES string of the molecule is N#Cc1cc(NC(=O)c2cnn(-c3cncc4ccccc34)c2C(F)(F)F)cnc1-n1nccn1. The number of hydrogen-bond acceptors (Lipinski definition) is 7. The zero-order valence-corrected chi connectivity index (χ0v) is 17.5. The predicted octanol–water partition coefficient (Wildman–Crippen LogP) is 3.54. The number of fused-ring (bicyclic) bond motifs is 1. The third-order valence-corrected chi connectivity index (χ3v) is 5.01. The molecule has 1 N–H and O–H groups in total. The van der Waals surface area contributed by atoms with E-state index >= 15 is 0 Å². The fourth-order valence-electron chi connectivity index (χ4n) is 3.53. The summed E-state index contributed by atoms with van der Waals surface area (Å²) in [5.41, 5.74) is -1.89. The Bertz CT molecular complexity index is 1600. The lowest BCUT2D eigenvalue weighted by Crippen LogP contribution is -2.21. The number of benzene rings is 1. The van der Waals surface area contributed by atoms with E-state index in [2.05, 4.69) is 30.6 Å². The molecule has 1 amide bonds. The summed E-state index contributed by atoms with van der Waals surface area (Å²) in [5, 5.41) is 24.5. The van der Waals surface area contributed by atoms with Crippen LogP contribution < -0.4 is 5.32 Å². The molecular weight excluding hydrogens is 463 g/mol. The molecule has 5 aromatic rings. The van der Waals surface area contributed by atoms with Crippen LogP contribution in [0.1, 0.15) is 21.6 Å². The van der Waals surface area contributed by atoms with E-state index in [4.69, 9.17) is 0 Å². The zero-order valence-electron chi connectivity index (χ0n) is 17.5. The molecule has 0 aliphatic rings. The van der Waals surface area contributed by atoms with Gasteiger partial charge in [0.1, 0.15) is 11.6 Å². The van der Waals surface area contributed by atoms with Crippen molar-refractivity contribution in [2.24, 2.45) is 0 Å². The largest absolute Gasteiger partial charge is 0.434 e. The van der Waals surface area contributed by atoms with Crippen LogP contribution in [0.5, 0.6) is 0 Å². The van der Waals surface area contributed by atoms with Crippen LogP contribution in [0.2, 0.25) is 0 Å². The Morgan fingerprint density at radius 1 is 1.03 bits per heavy atom. The van der Waals surface area contributed by atoms with Crippen LogP contribution in [-0.2, 0) is 6.18 Å². The third kappa shape index (κ3) is 3.93. The monoisotopic (exact) mass is 475 g/mol. The Balaban J connectivity index is 1.54. The van der Waals surface area contributed by atoms with Crippen LogP contribution in [0.25, 0.3) is 22.3 Å². The number of anilines is 1. The molecule has 0 atom stereocenters. The lowest BCUT2D eigenvalue weighted by Gasteiger charge is -2.14. The van der Waals surface area contributed by atoms with Crippen LogP contribution >= 0.6 is 0 Å². The molecule has 172 valence electrons. The van der Waals surface area contributed by atoms with E-state index < -0.39 is 23.3 Å². The number of pyridine rings is 2. The number of amides is 1. The van der Waals surface area contributed by atoms with Crippen LogP contribution in [0.3, 0.4) is 0 Å². The third-order valence-electron chi connectivity index (χ3n) is 5.01. The summed E-state index contributed by atoms with van der Waals surface area (Å²) in [4.78, 5) is 22.0. The number of rotatable bonds is 4. The molecule has 10 nitrogen and oxygen atoms in total. The van der Waals surface area contributed by atoms with E-state index in [9.17, 15) is 23.2 Å². The maximum atomic E-state index is 14.1. The van der Waals surface area contributed by atoms with E-state index in [1.165, 1.54) is 37.1 Å². The molecule has 0 bridgehead atoms. The van der Waals surface area contributed by atoms with Gasteiger partial charge in [-0.1, -0.05) is 24.3 Å². The van der Waals surface area contributed by atoms with Crippen molar-refractivity contribution in [3.63, 3.8) is 0 Å². The number of halogens is 3. The van der Waals surface area contributed by atoms with Crippen LogP contribution in [0.15, 0.2) is 67.5 Å². The molecule has 0 aliphatic heterocycles. The van der Waals surface area contributed by atoms with Gasteiger partial charge in [0.05, 0.1) is 47.9 Å². The first-order valence-corrected chi connectivity index (χ1v) is 9.93. The van der Waals surface area contributed by atoms with E-state index in [0.717, 1.165) is 11.0 Å². The van der Waals surface area contributed by atoms with Gasteiger partial charge in [0.25, 0.3) is 5.91 Å². The van der Waals surface area contributed by atoms with Gasteiger partial charge in [-0.15, -0.1) is 4.80 Å². The highest BCUT2D eigenvalue weighted by atomic mass is 19.4. The van der Waals surface area contributed by atoms with Crippen molar-refractivity contribution in [3.05, 3.63) is 84.3 Å².